The van der Waals surface area contributed by atoms with Gasteiger partial charge in [-0.25, -0.2) is 4.98 Å². The first-order valence-electron chi connectivity index (χ1n) is 9.43. The van der Waals surface area contributed by atoms with Gasteiger partial charge >= 0.3 is 0 Å². The Kier molecular flexibility index (Phi) is 4.78. The molecule has 4 rings (SSSR count). The topological polar surface area (TPSA) is 59.1 Å². The van der Waals surface area contributed by atoms with Crippen LogP contribution >= 0.6 is 0 Å². The highest BCUT2D eigenvalue weighted by Crippen LogP contribution is 2.29. The van der Waals surface area contributed by atoms with Crippen molar-refractivity contribution in [2.45, 2.75) is 38.8 Å². The molecule has 3 heterocycles. The van der Waals surface area contributed by atoms with Crippen LogP contribution in [0, 0.1) is 6.92 Å². The predicted octanol–water partition coefficient (Wildman–Crippen LogP) is 2.45. The Labute approximate surface area is 154 Å². The molecule has 6 nitrogen and oxygen atoms in total. The van der Waals surface area contributed by atoms with E-state index in [-0.39, 0.29) is 6.61 Å². The first-order valence-corrected chi connectivity index (χ1v) is 9.43. The molecule has 0 radical (unpaired) electrons. The van der Waals surface area contributed by atoms with E-state index in [1.807, 2.05) is 4.68 Å². The molecule has 0 spiro atoms. The van der Waals surface area contributed by atoms with Gasteiger partial charge in [-0.2, -0.15) is 5.10 Å². The number of aliphatic hydroxyl groups is 1. The van der Waals surface area contributed by atoms with Crippen LogP contribution in [0.4, 0.5) is 0 Å². The Morgan fingerprint density at radius 1 is 1.27 bits per heavy atom. The molecule has 6 heteroatoms. The van der Waals surface area contributed by atoms with Gasteiger partial charge in [0.25, 0.3) is 0 Å². The number of piperidine rings is 1. The standard InChI is InChI=1S/C20H27N5O/c1-15-17(14-25(22-15)10-11-26)13-24-9-5-6-16(12-24)20-21-18-7-3-4-8-19(18)23(20)2/h3-4,7-8,14,16,26H,5-6,9-13H2,1-2H3. The Morgan fingerprint density at radius 2 is 2.12 bits per heavy atom. The number of aromatic nitrogens is 4. The summed E-state index contributed by atoms with van der Waals surface area (Å²) in [4.78, 5) is 7.43. The predicted molar refractivity (Wildman–Crippen MR) is 102 cm³/mol. The van der Waals surface area contributed by atoms with Gasteiger partial charge in [0.05, 0.1) is 29.9 Å². The number of benzene rings is 1. The van der Waals surface area contributed by atoms with Gasteiger partial charge in [0.1, 0.15) is 5.82 Å². The molecule has 1 unspecified atom stereocenters. The second-order valence-corrected chi connectivity index (χ2v) is 7.32. The van der Waals surface area contributed by atoms with Gasteiger partial charge in [-0.05, 0) is 38.4 Å². The normalized spacial score (nSPS) is 18.7. The third kappa shape index (κ3) is 3.27. The minimum absolute atomic E-state index is 0.124. The lowest BCUT2D eigenvalue weighted by atomic mass is 9.96. The number of hydrogen-bond acceptors (Lipinski definition) is 4. The molecule has 0 bridgehead atoms. The molecule has 1 fully saturated rings. The van der Waals surface area contributed by atoms with Crippen molar-refractivity contribution in [2.24, 2.45) is 7.05 Å². The lowest BCUT2D eigenvalue weighted by Crippen LogP contribution is -2.34. The quantitative estimate of drug-likeness (QED) is 0.765. The van der Waals surface area contributed by atoms with Crippen molar-refractivity contribution in [2.75, 3.05) is 19.7 Å². The molecule has 26 heavy (non-hydrogen) atoms. The summed E-state index contributed by atoms with van der Waals surface area (Å²) in [5.41, 5.74) is 4.61. The maximum Gasteiger partial charge on any atom is 0.114 e. The number of aryl methyl sites for hydroxylation is 2. The molecule has 1 aliphatic rings. The number of nitrogens with zero attached hydrogens (tertiary/aromatic N) is 5. The first kappa shape index (κ1) is 17.2. The van der Waals surface area contributed by atoms with E-state index in [1.165, 1.54) is 29.7 Å². The SMILES string of the molecule is Cc1nn(CCO)cc1CN1CCCC(c2nc3ccccc3n2C)C1. The van der Waals surface area contributed by atoms with E-state index in [2.05, 4.69) is 59.0 Å². The van der Waals surface area contributed by atoms with Gasteiger partial charge in [-0.3, -0.25) is 9.58 Å². The van der Waals surface area contributed by atoms with E-state index in [9.17, 15) is 0 Å². The molecule has 1 N–H and O–H groups in total. The van der Waals surface area contributed by atoms with Gasteiger partial charge < -0.3 is 9.67 Å². The summed E-state index contributed by atoms with van der Waals surface area (Å²) in [6.07, 6.45) is 4.46. The second kappa shape index (κ2) is 7.21. The first-order chi connectivity index (χ1) is 12.7. The van der Waals surface area contributed by atoms with Crippen LogP contribution in [0.1, 0.15) is 35.8 Å². The van der Waals surface area contributed by atoms with Gasteiger partial charge in [0.15, 0.2) is 0 Å². The van der Waals surface area contributed by atoms with Crippen molar-refractivity contribution < 1.29 is 5.11 Å². The highest BCUT2D eigenvalue weighted by Gasteiger charge is 2.26. The average Bonchev–Trinajstić information content (AvgIpc) is 3.16. The highest BCUT2D eigenvalue weighted by atomic mass is 16.3. The number of likely N-dealkylation sites (tertiary alicyclic amines) is 1. The van der Waals surface area contributed by atoms with Crippen LogP contribution in [-0.2, 0) is 20.1 Å². The van der Waals surface area contributed by atoms with Crippen molar-refractivity contribution >= 4 is 11.0 Å². The van der Waals surface area contributed by atoms with E-state index in [0.29, 0.717) is 12.5 Å². The fraction of sp³-hybridized carbons (Fsp3) is 0.500. The summed E-state index contributed by atoms with van der Waals surface area (Å²) in [7, 11) is 2.13. The zero-order chi connectivity index (χ0) is 18.1. The van der Waals surface area contributed by atoms with Crippen molar-refractivity contribution in [3.05, 3.63) is 47.5 Å². The fourth-order valence-corrected chi connectivity index (χ4v) is 4.11. The number of aliphatic hydroxyl groups excluding tert-OH is 1. The molecular weight excluding hydrogens is 326 g/mol. The highest BCUT2D eigenvalue weighted by molar-refractivity contribution is 5.75. The molecule has 2 aromatic heterocycles. The Balaban J connectivity index is 1.51. The Morgan fingerprint density at radius 3 is 2.92 bits per heavy atom. The molecular formula is C20H27N5O. The Bertz CT molecular complexity index is 897. The molecule has 138 valence electrons. The van der Waals surface area contributed by atoms with Crippen LogP contribution in [0.5, 0.6) is 0 Å². The monoisotopic (exact) mass is 353 g/mol. The zero-order valence-electron chi connectivity index (χ0n) is 15.6. The van der Waals surface area contributed by atoms with Gasteiger partial charge in [-0.1, -0.05) is 12.1 Å². The second-order valence-electron chi connectivity index (χ2n) is 7.32. The third-order valence-electron chi connectivity index (χ3n) is 5.46. The summed E-state index contributed by atoms with van der Waals surface area (Å²) < 4.78 is 4.10. The molecule has 1 saturated heterocycles. The number of hydrogen-bond donors (Lipinski definition) is 1. The van der Waals surface area contributed by atoms with Crippen LogP contribution in [-0.4, -0.2) is 49.0 Å². The molecule has 1 atom stereocenters. The largest absolute Gasteiger partial charge is 0.394 e. The minimum atomic E-state index is 0.124. The van der Waals surface area contributed by atoms with Crippen LogP contribution in [0.15, 0.2) is 30.5 Å². The summed E-state index contributed by atoms with van der Waals surface area (Å²) in [6, 6.07) is 8.37. The maximum atomic E-state index is 9.11. The molecule has 1 aromatic carbocycles. The number of imidazole rings is 1. The molecule has 0 saturated carbocycles. The van der Waals surface area contributed by atoms with E-state index < -0.39 is 0 Å². The van der Waals surface area contributed by atoms with E-state index in [1.54, 1.807) is 0 Å². The lowest BCUT2D eigenvalue weighted by Gasteiger charge is -2.32. The van der Waals surface area contributed by atoms with E-state index in [4.69, 9.17) is 10.1 Å². The van der Waals surface area contributed by atoms with Crippen molar-refractivity contribution in [3.8, 4) is 0 Å². The van der Waals surface area contributed by atoms with Gasteiger partial charge in [-0.15, -0.1) is 0 Å². The van der Waals surface area contributed by atoms with Crippen LogP contribution in [0.25, 0.3) is 11.0 Å². The van der Waals surface area contributed by atoms with E-state index in [0.717, 1.165) is 30.8 Å². The van der Waals surface area contributed by atoms with E-state index >= 15 is 0 Å². The number of fused-ring (bicyclic) bond motifs is 1. The van der Waals surface area contributed by atoms with Crippen LogP contribution in [0.2, 0.25) is 0 Å². The van der Waals surface area contributed by atoms with Crippen LogP contribution in [0.3, 0.4) is 0 Å². The summed E-state index contributed by atoms with van der Waals surface area (Å²) in [6.45, 7) is 5.79. The molecule has 0 aliphatic carbocycles. The van der Waals surface area contributed by atoms with Crippen LogP contribution < -0.4 is 0 Å². The number of para-hydroxylation sites is 2. The number of rotatable bonds is 5. The third-order valence-corrected chi connectivity index (χ3v) is 5.46. The molecule has 0 amide bonds. The minimum Gasteiger partial charge on any atom is -0.394 e. The smallest absolute Gasteiger partial charge is 0.114 e. The van der Waals surface area contributed by atoms with Crippen molar-refractivity contribution in [1.82, 2.24) is 24.2 Å². The Hall–Kier alpha value is -2.18. The molecule has 1 aliphatic heterocycles. The summed E-state index contributed by atoms with van der Waals surface area (Å²) >= 11 is 0. The summed E-state index contributed by atoms with van der Waals surface area (Å²) in [5.74, 6) is 1.66. The van der Waals surface area contributed by atoms with Gasteiger partial charge in [0.2, 0.25) is 0 Å². The zero-order valence-corrected chi connectivity index (χ0v) is 15.6. The lowest BCUT2D eigenvalue weighted by molar-refractivity contribution is 0.195. The van der Waals surface area contributed by atoms with Crippen molar-refractivity contribution in [3.63, 3.8) is 0 Å². The summed E-state index contributed by atoms with van der Waals surface area (Å²) in [5, 5.41) is 13.6. The van der Waals surface area contributed by atoms with Gasteiger partial charge in [0, 0.05) is 37.8 Å². The fourth-order valence-electron chi connectivity index (χ4n) is 4.11. The van der Waals surface area contributed by atoms with Crippen molar-refractivity contribution in [1.29, 1.82) is 0 Å². The maximum absolute atomic E-state index is 9.11. The average molecular weight is 353 g/mol. The molecule has 3 aromatic rings.